The average molecular weight is 209 g/mol. The molecule has 0 unspecified atom stereocenters. The maximum absolute atomic E-state index is 11.3. The topological polar surface area (TPSA) is 17.1 Å². The number of halogens is 1. The van der Waals surface area contributed by atoms with Crippen molar-refractivity contribution in [2.75, 3.05) is 0 Å². The molecule has 0 saturated heterocycles. The Labute approximate surface area is 89.1 Å². The Balaban J connectivity index is 2.36. The summed E-state index contributed by atoms with van der Waals surface area (Å²) in [4.78, 5) is 11.3. The third-order valence-corrected chi connectivity index (χ3v) is 3.27. The molecule has 0 heterocycles. The molecule has 1 saturated carbocycles. The summed E-state index contributed by atoms with van der Waals surface area (Å²) in [7, 11) is 0. The Kier molecular flexibility index (Phi) is 2.60. The molecule has 74 valence electrons. The van der Waals surface area contributed by atoms with Crippen molar-refractivity contribution in [3.63, 3.8) is 0 Å². The molecule has 2 rings (SSSR count). The molecule has 0 N–H and O–H groups in total. The molecular weight excluding hydrogens is 196 g/mol. The minimum absolute atomic E-state index is 0.331. The van der Waals surface area contributed by atoms with Crippen LogP contribution in [-0.4, -0.2) is 5.78 Å². The van der Waals surface area contributed by atoms with Crippen molar-refractivity contribution in [1.82, 2.24) is 0 Å². The molecule has 0 spiro atoms. The molecular formula is C12H13ClO. The van der Waals surface area contributed by atoms with E-state index in [9.17, 15) is 4.79 Å². The fourth-order valence-corrected chi connectivity index (χ4v) is 2.08. The fraction of sp³-hybridized carbons (Fsp3) is 0.417. The molecule has 14 heavy (non-hydrogen) atoms. The zero-order chi connectivity index (χ0) is 10.1. The highest BCUT2D eigenvalue weighted by molar-refractivity contribution is 6.31. The Hall–Kier alpha value is -0.820. The number of Topliss-reactive ketones (excluding diaryl/α,β-unsaturated/α-hetero) is 1. The van der Waals surface area contributed by atoms with E-state index in [1.54, 1.807) is 0 Å². The zero-order valence-electron chi connectivity index (χ0n) is 8.27. The van der Waals surface area contributed by atoms with Crippen LogP contribution in [0, 0.1) is 0 Å². The number of rotatable bonds is 0. The van der Waals surface area contributed by atoms with Crippen molar-refractivity contribution in [2.45, 2.75) is 32.6 Å². The minimum Gasteiger partial charge on any atom is -0.299 e. The van der Waals surface area contributed by atoms with Crippen molar-refractivity contribution in [3.8, 4) is 0 Å². The highest BCUT2D eigenvalue weighted by atomic mass is 35.5. The van der Waals surface area contributed by atoms with Crippen molar-refractivity contribution in [1.29, 1.82) is 0 Å². The van der Waals surface area contributed by atoms with Crippen LogP contribution in [0.1, 0.15) is 32.6 Å². The lowest BCUT2D eigenvalue weighted by Gasteiger charge is -2.16. The van der Waals surface area contributed by atoms with Gasteiger partial charge in [0.05, 0.1) is 0 Å². The highest BCUT2D eigenvalue weighted by Gasteiger charge is 2.19. The SMILES string of the molecule is CC1=C(Cl)C=C2CC(=O)CCC2=CC1. The van der Waals surface area contributed by atoms with Crippen LogP contribution < -0.4 is 0 Å². The maximum atomic E-state index is 11.3. The van der Waals surface area contributed by atoms with Gasteiger partial charge in [-0.1, -0.05) is 23.3 Å². The standard InChI is InChI=1S/C12H13ClO/c1-8-2-3-9-4-5-11(14)6-10(9)7-12(8)13/h3,7H,2,4-6H2,1H3. The Morgan fingerprint density at radius 2 is 2.07 bits per heavy atom. The van der Waals surface area contributed by atoms with E-state index < -0.39 is 0 Å². The van der Waals surface area contributed by atoms with E-state index in [0.29, 0.717) is 18.6 Å². The summed E-state index contributed by atoms with van der Waals surface area (Å²) in [5.74, 6) is 0.331. The van der Waals surface area contributed by atoms with Gasteiger partial charge in [-0.3, -0.25) is 4.79 Å². The predicted molar refractivity (Wildman–Crippen MR) is 58.2 cm³/mol. The highest BCUT2D eigenvalue weighted by Crippen LogP contribution is 2.32. The van der Waals surface area contributed by atoms with Gasteiger partial charge in [0.1, 0.15) is 5.78 Å². The number of carbonyl (C=O) groups is 1. The Morgan fingerprint density at radius 1 is 1.29 bits per heavy atom. The second kappa shape index (κ2) is 3.74. The molecule has 0 bridgehead atoms. The lowest BCUT2D eigenvalue weighted by molar-refractivity contribution is -0.118. The number of ketones is 1. The molecule has 0 aromatic heterocycles. The van der Waals surface area contributed by atoms with Gasteiger partial charge in [-0.05, 0) is 37.0 Å². The smallest absolute Gasteiger partial charge is 0.137 e. The van der Waals surface area contributed by atoms with Crippen LogP contribution in [0.2, 0.25) is 0 Å². The van der Waals surface area contributed by atoms with E-state index in [2.05, 4.69) is 6.08 Å². The van der Waals surface area contributed by atoms with Gasteiger partial charge in [0, 0.05) is 17.9 Å². The van der Waals surface area contributed by atoms with Crippen LogP contribution in [0.5, 0.6) is 0 Å². The largest absolute Gasteiger partial charge is 0.299 e. The fourth-order valence-electron chi connectivity index (χ4n) is 1.88. The normalized spacial score (nSPS) is 22.6. The Morgan fingerprint density at radius 3 is 2.86 bits per heavy atom. The molecule has 2 heteroatoms. The van der Waals surface area contributed by atoms with Crippen molar-refractivity contribution in [2.24, 2.45) is 0 Å². The maximum Gasteiger partial charge on any atom is 0.137 e. The van der Waals surface area contributed by atoms with Crippen molar-refractivity contribution >= 4 is 17.4 Å². The Bertz CT molecular complexity index is 372. The molecule has 1 fully saturated rings. The van der Waals surface area contributed by atoms with Gasteiger partial charge < -0.3 is 0 Å². The molecule has 1 nitrogen and oxygen atoms in total. The molecule has 2 aliphatic carbocycles. The summed E-state index contributed by atoms with van der Waals surface area (Å²) in [6.45, 7) is 2.04. The number of allylic oxidation sites excluding steroid dienone is 6. The minimum atomic E-state index is 0.331. The third kappa shape index (κ3) is 1.83. The van der Waals surface area contributed by atoms with E-state index >= 15 is 0 Å². The molecule has 0 atom stereocenters. The summed E-state index contributed by atoms with van der Waals surface area (Å²) in [6.07, 6.45) is 7.25. The van der Waals surface area contributed by atoms with Crippen LogP contribution in [0.3, 0.4) is 0 Å². The van der Waals surface area contributed by atoms with Crippen LogP contribution in [0.15, 0.2) is 33.9 Å². The summed E-state index contributed by atoms with van der Waals surface area (Å²) >= 11 is 6.10. The summed E-state index contributed by atoms with van der Waals surface area (Å²) in [5, 5.41) is 0.806. The molecule has 2 aliphatic rings. The molecule has 0 aromatic rings. The van der Waals surface area contributed by atoms with Crippen molar-refractivity contribution in [3.05, 3.63) is 33.9 Å². The van der Waals surface area contributed by atoms with Crippen LogP contribution >= 0.6 is 11.6 Å². The zero-order valence-corrected chi connectivity index (χ0v) is 9.03. The summed E-state index contributed by atoms with van der Waals surface area (Å²) < 4.78 is 0. The quantitative estimate of drug-likeness (QED) is 0.596. The number of carbonyl (C=O) groups excluding carboxylic acids is 1. The van der Waals surface area contributed by atoms with E-state index in [4.69, 9.17) is 11.6 Å². The van der Waals surface area contributed by atoms with Crippen molar-refractivity contribution < 1.29 is 4.79 Å². The van der Waals surface area contributed by atoms with Gasteiger partial charge in [-0.15, -0.1) is 0 Å². The first kappa shape index (κ1) is 9.72. The average Bonchev–Trinajstić information content (AvgIpc) is 2.27. The second-order valence-corrected chi connectivity index (χ2v) is 4.35. The van der Waals surface area contributed by atoms with Crippen LogP contribution in [0.4, 0.5) is 0 Å². The third-order valence-electron chi connectivity index (χ3n) is 2.84. The monoisotopic (exact) mass is 208 g/mol. The number of fused-ring (bicyclic) bond motifs is 1. The first-order chi connectivity index (χ1) is 6.66. The van der Waals surface area contributed by atoms with E-state index in [1.165, 1.54) is 11.1 Å². The van der Waals surface area contributed by atoms with E-state index in [1.807, 2.05) is 13.0 Å². The van der Waals surface area contributed by atoms with Gasteiger partial charge in [0.15, 0.2) is 0 Å². The number of hydrogen-bond donors (Lipinski definition) is 0. The van der Waals surface area contributed by atoms with E-state index in [-0.39, 0.29) is 0 Å². The van der Waals surface area contributed by atoms with Gasteiger partial charge in [0.25, 0.3) is 0 Å². The molecule has 0 amide bonds. The molecule has 0 radical (unpaired) electrons. The lowest BCUT2D eigenvalue weighted by Crippen LogP contribution is -2.09. The number of hydrogen-bond acceptors (Lipinski definition) is 1. The first-order valence-electron chi connectivity index (χ1n) is 4.94. The summed E-state index contributed by atoms with van der Waals surface area (Å²) in [6, 6.07) is 0. The van der Waals surface area contributed by atoms with E-state index in [0.717, 1.165) is 23.4 Å². The van der Waals surface area contributed by atoms with Gasteiger partial charge in [-0.25, -0.2) is 0 Å². The van der Waals surface area contributed by atoms with Gasteiger partial charge >= 0.3 is 0 Å². The van der Waals surface area contributed by atoms with Crippen LogP contribution in [0.25, 0.3) is 0 Å². The molecule has 0 aliphatic heterocycles. The first-order valence-corrected chi connectivity index (χ1v) is 5.31. The summed E-state index contributed by atoms with van der Waals surface area (Å²) in [5.41, 5.74) is 3.64. The second-order valence-electron chi connectivity index (χ2n) is 3.95. The lowest BCUT2D eigenvalue weighted by atomic mass is 9.88. The van der Waals surface area contributed by atoms with Gasteiger partial charge in [0.2, 0.25) is 0 Å². The predicted octanol–water partition coefficient (Wildman–Crippen LogP) is 3.51. The molecule has 0 aromatic carbocycles. The van der Waals surface area contributed by atoms with Gasteiger partial charge in [-0.2, -0.15) is 0 Å². The van der Waals surface area contributed by atoms with Crippen LogP contribution in [-0.2, 0) is 4.79 Å².